The molecule has 354 valence electrons. The van der Waals surface area contributed by atoms with E-state index in [1.54, 1.807) is 21.3 Å². The fourth-order valence-electron chi connectivity index (χ4n) is 5.18. The Morgan fingerprint density at radius 2 is 0.814 bits per heavy atom. The van der Waals surface area contributed by atoms with Gasteiger partial charge in [0.05, 0.1) is 77.9 Å². The fourth-order valence-corrected chi connectivity index (χ4v) is 9.31. The Labute approximate surface area is 359 Å². The molecule has 2 atom stereocenters. The van der Waals surface area contributed by atoms with Gasteiger partial charge in [-0.1, -0.05) is 27.7 Å². The molecule has 0 aliphatic carbocycles. The number of hydrogen-bond donors (Lipinski definition) is 2. The summed E-state index contributed by atoms with van der Waals surface area (Å²) in [7, 11) is 0.236. The Morgan fingerprint density at radius 1 is 0.492 bits per heavy atom. The van der Waals surface area contributed by atoms with Crippen LogP contribution in [0.4, 0.5) is 0 Å². The van der Waals surface area contributed by atoms with Crippen molar-refractivity contribution in [3.05, 3.63) is 0 Å². The molecule has 59 heavy (non-hydrogen) atoms. The Bertz CT molecular complexity index is 915. The molecule has 0 aromatic carbocycles. The van der Waals surface area contributed by atoms with Crippen molar-refractivity contribution in [2.75, 3.05) is 153 Å². The first kappa shape index (κ1) is 59.9. The Hall–Kier alpha value is -1.15. The molecular formula is C40H86N2O15Si2. The molecule has 19 heteroatoms. The van der Waals surface area contributed by atoms with E-state index in [-0.39, 0.29) is 37.0 Å². The maximum absolute atomic E-state index is 12.0. The maximum Gasteiger partial charge on any atom is 0.500 e. The minimum atomic E-state index is -2.52. The number of esters is 2. The van der Waals surface area contributed by atoms with E-state index >= 15 is 0 Å². The molecule has 0 rings (SSSR count). The van der Waals surface area contributed by atoms with Crippen molar-refractivity contribution in [3.8, 4) is 0 Å². The first-order valence-electron chi connectivity index (χ1n) is 21.7. The minimum absolute atomic E-state index is 0.195. The van der Waals surface area contributed by atoms with Crippen LogP contribution >= 0.6 is 0 Å². The largest absolute Gasteiger partial charge is 0.500 e. The molecule has 2 unspecified atom stereocenters. The van der Waals surface area contributed by atoms with E-state index in [4.69, 9.17) is 60.0 Å². The molecule has 0 aromatic rings. The molecule has 0 fully saturated rings. The lowest BCUT2D eigenvalue weighted by atomic mass is 10.2. The van der Waals surface area contributed by atoms with Crippen LogP contribution in [0, 0.1) is 11.8 Å². The van der Waals surface area contributed by atoms with Gasteiger partial charge in [0.15, 0.2) is 0 Å². The van der Waals surface area contributed by atoms with Crippen LogP contribution in [0.1, 0.15) is 67.2 Å². The first-order chi connectivity index (χ1) is 28.5. The van der Waals surface area contributed by atoms with Gasteiger partial charge in [0, 0.05) is 66.9 Å². The average Bonchev–Trinajstić information content (AvgIpc) is 3.23. The SMILES string of the molecule is CCCOCCOCCOCCOC(=O)C(C)CNCCC[Si](C)(OCC)OCC.CCCOCCOCCOCCOC(=O)C(C)CNCCC[Si](OC)(OC)OC. The summed E-state index contributed by atoms with van der Waals surface area (Å²) in [6, 6.07) is 1.66. The fraction of sp³-hybridized carbons (Fsp3) is 0.950. The predicted octanol–water partition coefficient (Wildman–Crippen LogP) is 4.23. The van der Waals surface area contributed by atoms with Crippen LogP contribution < -0.4 is 10.6 Å². The van der Waals surface area contributed by atoms with Gasteiger partial charge >= 0.3 is 29.3 Å². The zero-order valence-electron chi connectivity index (χ0n) is 38.7. The average molecular weight is 891 g/mol. The summed E-state index contributed by atoms with van der Waals surface area (Å²) >= 11 is 0. The Morgan fingerprint density at radius 3 is 1.14 bits per heavy atom. The normalized spacial score (nSPS) is 12.8. The highest BCUT2D eigenvalue weighted by molar-refractivity contribution is 6.66. The van der Waals surface area contributed by atoms with Gasteiger partial charge in [-0.25, -0.2) is 0 Å². The van der Waals surface area contributed by atoms with Gasteiger partial charge in [-0.15, -0.1) is 0 Å². The number of rotatable bonds is 43. The molecule has 0 saturated carbocycles. The van der Waals surface area contributed by atoms with E-state index < -0.39 is 17.4 Å². The van der Waals surface area contributed by atoms with Gasteiger partial charge in [-0.05, 0) is 65.2 Å². The summed E-state index contributed by atoms with van der Waals surface area (Å²) in [5.41, 5.74) is 0. The zero-order valence-corrected chi connectivity index (χ0v) is 40.7. The van der Waals surface area contributed by atoms with Crippen molar-refractivity contribution < 1.29 is 69.6 Å². The quantitative estimate of drug-likeness (QED) is 0.0505. The van der Waals surface area contributed by atoms with E-state index in [1.165, 1.54) is 0 Å². The van der Waals surface area contributed by atoms with Crippen LogP contribution in [0.2, 0.25) is 18.6 Å². The smallest absolute Gasteiger partial charge is 0.463 e. The summed E-state index contributed by atoms with van der Waals surface area (Å²) in [5, 5.41) is 6.57. The summed E-state index contributed by atoms with van der Waals surface area (Å²) in [5.74, 6) is -0.868. The third-order valence-electron chi connectivity index (χ3n) is 8.49. The summed E-state index contributed by atoms with van der Waals surface area (Å²) in [4.78, 5) is 24.0. The van der Waals surface area contributed by atoms with Gasteiger partial charge in [0.1, 0.15) is 13.2 Å². The molecule has 0 aliphatic heterocycles. The highest BCUT2D eigenvalue weighted by Gasteiger charge is 2.36. The third-order valence-corrected chi connectivity index (χ3v) is 14.4. The third kappa shape index (κ3) is 37.2. The standard InChI is InChI=1S/C21H45NO7Si.C19H41NO8Si/c1-6-11-24-12-13-25-14-15-26-16-17-27-21(23)20(4)19-22-10-9-18-30(5,28-7-2)29-8-3;1-6-9-25-10-11-26-12-13-27-14-15-28-19(21)18(2)17-20-8-7-16-29(22-3,23-4)24-5/h20,22H,6-19H2,1-5H3;18,20H,6-17H2,1-5H3. The second-order valence-electron chi connectivity index (χ2n) is 13.7. The van der Waals surface area contributed by atoms with Gasteiger partial charge < -0.3 is 70.7 Å². The summed E-state index contributed by atoms with van der Waals surface area (Å²) in [6.45, 7) is 25.1. The lowest BCUT2D eigenvalue weighted by molar-refractivity contribution is -0.150. The van der Waals surface area contributed by atoms with Crippen molar-refractivity contribution in [1.82, 2.24) is 10.6 Å². The van der Waals surface area contributed by atoms with E-state index in [1.807, 2.05) is 27.7 Å². The van der Waals surface area contributed by atoms with Crippen molar-refractivity contribution in [3.63, 3.8) is 0 Å². The predicted molar refractivity (Wildman–Crippen MR) is 232 cm³/mol. The van der Waals surface area contributed by atoms with Crippen molar-refractivity contribution >= 4 is 29.3 Å². The molecule has 0 bridgehead atoms. The molecule has 0 radical (unpaired) electrons. The van der Waals surface area contributed by atoms with E-state index in [2.05, 4.69) is 31.0 Å². The van der Waals surface area contributed by atoms with Crippen LogP contribution in [-0.4, -0.2) is 183 Å². The molecule has 0 amide bonds. The van der Waals surface area contributed by atoms with Gasteiger partial charge in [0.2, 0.25) is 0 Å². The molecule has 17 nitrogen and oxygen atoms in total. The second-order valence-corrected chi connectivity index (χ2v) is 20.2. The molecule has 0 aliphatic rings. The van der Waals surface area contributed by atoms with Crippen molar-refractivity contribution in [2.24, 2.45) is 11.8 Å². The Kier molecular flexibility index (Phi) is 44.2. The van der Waals surface area contributed by atoms with E-state index in [9.17, 15) is 9.59 Å². The topological polar surface area (TPSA) is 178 Å². The monoisotopic (exact) mass is 891 g/mol. The zero-order chi connectivity index (χ0) is 44.3. The lowest BCUT2D eigenvalue weighted by Crippen LogP contribution is -2.43. The molecule has 0 heterocycles. The maximum atomic E-state index is 12.0. The van der Waals surface area contributed by atoms with Gasteiger partial charge in [-0.3, -0.25) is 9.59 Å². The Balaban J connectivity index is 0. The van der Waals surface area contributed by atoms with Crippen molar-refractivity contribution in [2.45, 2.75) is 85.9 Å². The second kappa shape index (κ2) is 43.5. The van der Waals surface area contributed by atoms with Crippen molar-refractivity contribution in [1.29, 1.82) is 0 Å². The number of ether oxygens (including phenoxy) is 8. The number of hydrogen-bond acceptors (Lipinski definition) is 17. The van der Waals surface area contributed by atoms with Gasteiger partial charge in [0.25, 0.3) is 0 Å². The summed E-state index contributed by atoms with van der Waals surface area (Å²) < 4.78 is 70.4. The highest BCUT2D eigenvalue weighted by atomic mass is 28.4. The molecular weight excluding hydrogens is 805 g/mol. The van der Waals surface area contributed by atoms with Gasteiger partial charge in [-0.2, -0.15) is 0 Å². The number of nitrogens with one attached hydrogen (secondary N) is 2. The first-order valence-corrected chi connectivity index (χ1v) is 26.1. The molecule has 0 saturated heterocycles. The highest BCUT2D eigenvalue weighted by Crippen LogP contribution is 2.16. The van der Waals surface area contributed by atoms with Crippen LogP contribution in [0.25, 0.3) is 0 Å². The molecule has 0 spiro atoms. The van der Waals surface area contributed by atoms with Crippen LogP contribution in [0.5, 0.6) is 0 Å². The van der Waals surface area contributed by atoms with Crippen LogP contribution in [0.15, 0.2) is 0 Å². The van der Waals surface area contributed by atoms with E-state index in [0.717, 1.165) is 64.1 Å². The van der Waals surface area contributed by atoms with Crippen LogP contribution in [-0.2, 0) is 69.6 Å². The summed E-state index contributed by atoms with van der Waals surface area (Å²) in [6.07, 6.45) is 3.82. The van der Waals surface area contributed by atoms with E-state index in [0.29, 0.717) is 92.4 Å². The molecule has 2 N–H and O–H groups in total. The number of carbonyl (C=O) groups excluding carboxylic acids is 2. The number of carbonyl (C=O) groups is 2. The lowest BCUT2D eigenvalue weighted by Gasteiger charge is -2.26. The minimum Gasteiger partial charge on any atom is -0.463 e. The van der Waals surface area contributed by atoms with Crippen LogP contribution in [0.3, 0.4) is 0 Å². The molecule has 0 aromatic heterocycles.